The van der Waals surface area contributed by atoms with Gasteiger partial charge in [-0.05, 0) is 41.9 Å². The minimum atomic E-state index is -0.507. The number of rotatable bonds is 4. The van der Waals surface area contributed by atoms with E-state index in [-0.39, 0.29) is 16.7 Å². The Balaban J connectivity index is 3.01. The molecule has 3 nitrogen and oxygen atoms in total. The predicted octanol–water partition coefficient (Wildman–Crippen LogP) is 4.11. The number of phenols is 1. The van der Waals surface area contributed by atoms with Crippen molar-refractivity contribution < 1.29 is 14.6 Å². The predicted molar refractivity (Wildman–Crippen MR) is 76.6 cm³/mol. The highest BCUT2D eigenvalue weighted by Gasteiger charge is 2.20. The van der Waals surface area contributed by atoms with E-state index in [1.54, 1.807) is 12.1 Å². The molecular weight excluding hydrogens is 240 g/mol. The Morgan fingerprint density at radius 1 is 1.37 bits per heavy atom. The molecule has 1 rings (SSSR count). The van der Waals surface area contributed by atoms with Crippen LogP contribution in [0.1, 0.15) is 62.4 Å². The second-order valence-corrected chi connectivity index (χ2v) is 6.14. The Kier molecular flexibility index (Phi) is 4.98. The fourth-order valence-corrected chi connectivity index (χ4v) is 2.32. The normalized spacial score (nSPS) is 13.1. The van der Waals surface area contributed by atoms with Crippen molar-refractivity contribution in [3.05, 3.63) is 29.3 Å². The monoisotopic (exact) mass is 264 g/mol. The third-order valence-corrected chi connectivity index (χ3v) is 3.25. The van der Waals surface area contributed by atoms with Gasteiger partial charge in [-0.15, -0.1) is 0 Å². The van der Waals surface area contributed by atoms with Crippen molar-refractivity contribution in [1.29, 1.82) is 0 Å². The maximum absolute atomic E-state index is 11.4. The number of ether oxygens (including phenoxy) is 1. The number of aromatic hydroxyl groups is 1. The van der Waals surface area contributed by atoms with Gasteiger partial charge in [0, 0.05) is 0 Å². The Hall–Kier alpha value is -1.51. The van der Waals surface area contributed by atoms with Gasteiger partial charge in [0.1, 0.15) is 11.3 Å². The summed E-state index contributed by atoms with van der Waals surface area (Å²) < 4.78 is 4.63. The molecule has 0 amide bonds. The third kappa shape index (κ3) is 4.27. The fourth-order valence-electron chi connectivity index (χ4n) is 2.32. The van der Waals surface area contributed by atoms with Crippen LogP contribution in [0.2, 0.25) is 0 Å². The molecule has 0 aliphatic carbocycles. The van der Waals surface area contributed by atoms with Crippen molar-refractivity contribution in [1.82, 2.24) is 0 Å². The number of benzene rings is 1. The molecule has 0 saturated heterocycles. The average molecular weight is 264 g/mol. The molecule has 0 aliphatic rings. The van der Waals surface area contributed by atoms with E-state index in [9.17, 15) is 9.90 Å². The molecule has 0 spiro atoms. The molecule has 0 fully saturated rings. The molecule has 0 saturated carbocycles. The number of esters is 1. The quantitative estimate of drug-likeness (QED) is 0.832. The van der Waals surface area contributed by atoms with Crippen LogP contribution in [0.3, 0.4) is 0 Å². The van der Waals surface area contributed by atoms with Crippen LogP contribution in [0.15, 0.2) is 18.2 Å². The Morgan fingerprint density at radius 2 is 2.00 bits per heavy atom. The van der Waals surface area contributed by atoms with E-state index in [0.29, 0.717) is 5.92 Å². The summed E-state index contributed by atoms with van der Waals surface area (Å²) in [7, 11) is 1.31. The molecule has 106 valence electrons. The molecule has 0 bridgehead atoms. The van der Waals surface area contributed by atoms with Crippen molar-refractivity contribution in [3.63, 3.8) is 0 Å². The minimum Gasteiger partial charge on any atom is -0.507 e. The summed E-state index contributed by atoms with van der Waals surface area (Å²) in [5, 5.41) is 9.93. The smallest absolute Gasteiger partial charge is 0.341 e. The van der Waals surface area contributed by atoms with Crippen molar-refractivity contribution in [2.45, 2.75) is 46.5 Å². The fraction of sp³-hybridized carbons (Fsp3) is 0.562. The molecular formula is C16H24O3. The summed E-state index contributed by atoms with van der Waals surface area (Å²) in [5.41, 5.74) is 1.52. The zero-order valence-electron chi connectivity index (χ0n) is 12.5. The molecule has 19 heavy (non-hydrogen) atoms. The SMILES string of the molecule is CCC(CC(C)(C)C)c1ccc(C(=O)OC)c(O)c1. The van der Waals surface area contributed by atoms with Crippen LogP contribution in [-0.4, -0.2) is 18.2 Å². The van der Waals surface area contributed by atoms with Crippen LogP contribution in [0.4, 0.5) is 0 Å². The topological polar surface area (TPSA) is 46.5 Å². The molecule has 1 aromatic carbocycles. The van der Waals surface area contributed by atoms with Gasteiger partial charge in [0.2, 0.25) is 0 Å². The lowest BCUT2D eigenvalue weighted by Crippen LogP contribution is -2.12. The zero-order chi connectivity index (χ0) is 14.6. The standard InChI is InChI=1S/C16H24O3/c1-6-11(10-16(2,3)4)12-7-8-13(14(17)9-12)15(18)19-5/h7-9,11,17H,6,10H2,1-5H3. The van der Waals surface area contributed by atoms with Crippen molar-refractivity contribution in [2.75, 3.05) is 7.11 Å². The molecule has 0 aliphatic heterocycles. The molecule has 1 N–H and O–H groups in total. The largest absolute Gasteiger partial charge is 0.507 e. The molecule has 0 radical (unpaired) electrons. The van der Waals surface area contributed by atoms with Gasteiger partial charge in [-0.1, -0.05) is 33.8 Å². The van der Waals surface area contributed by atoms with Crippen molar-refractivity contribution >= 4 is 5.97 Å². The van der Waals surface area contributed by atoms with Gasteiger partial charge in [0.05, 0.1) is 7.11 Å². The average Bonchev–Trinajstić information content (AvgIpc) is 2.33. The summed E-state index contributed by atoms with van der Waals surface area (Å²) >= 11 is 0. The maximum Gasteiger partial charge on any atom is 0.341 e. The summed E-state index contributed by atoms with van der Waals surface area (Å²) in [6.45, 7) is 8.76. The summed E-state index contributed by atoms with van der Waals surface area (Å²) in [4.78, 5) is 11.4. The van der Waals surface area contributed by atoms with E-state index >= 15 is 0 Å². The highest BCUT2D eigenvalue weighted by atomic mass is 16.5. The molecule has 3 heteroatoms. The highest BCUT2D eigenvalue weighted by molar-refractivity contribution is 5.92. The van der Waals surface area contributed by atoms with E-state index in [4.69, 9.17) is 0 Å². The van der Waals surface area contributed by atoms with Gasteiger partial charge in [-0.25, -0.2) is 4.79 Å². The summed E-state index contributed by atoms with van der Waals surface area (Å²) in [5.74, 6) is -0.123. The number of carbonyl (C=O) groups excluding carboxylic acids is 1. The first-order valence-corrected chi connectivity index (χ1v) is 6.69. The second kappa shape index (κ2) is 6.09. The van der Waals surface area contributed by atoms with Gasteiger partial charge in [0.25, 0.3) is 0 Å². The lowest BCUT2D eigenvalue weighted by Gasteiger charge is -2.25. The Labute approximate surface area is 115 Å². The second-order valence-electron chi connectivity index (χ2n) is 6.14. The van der Waals surface area contributed by atoms with E-state index in [0.717, 1.165) is 18.4 Å². The first-order chi connectivity index (χ1) is 8.78. The number of hydrogen-bond acceptors (Lipinski definition) is 3. The van der Waals surface area contributed by atoms with Gasteiger partial charge >= 0.3 is 5.97 Å². The van der Waals surface area contributed by atoms with Crippen molar-refractivity contribution in [2.24, 2.45) is 5.41 Å². The van der Waals surface area contributed by atoms with E-state index < -0.39 is 5.97 Å². The van der Waals surface area contributed by atoms with Gasteiger partial charge in [0.15, 0.2) is 0 Å². The lowest BCUT2D eigenvalue weighted by atomic mass is 9.80. The van der Waals surface area contributed by atoms with Gasteiger partial charge in [-0.3, -0.25) is 0 Å². The first-order valence-electron chi connectivity index (χ1n) is 6.69. The Bertz CT molecular complexity index is 444. The van der Waals surface area contributed by atoms with Crippen molar-refractivity contribution in [3.8, 4) is 5.75 Å². The van der Waals surface area contributed by atoms with E-state index in [2.05, 4.69) is 32.4 Å². The molecule has 1 aromatic rings. The molecule has 1 atom stereocenters. The van der Waals surface area contributed by atoms with Crippen LogP contribution in [0.5, 0.6) is 5.75 Å². The third-order valence-electron chi connectivity index (χ3n) is 3.25. The minimum absolute atomic E-state index is 0.00305. The van der Waals surface area contributed by atoms with Crippen LogP contribution in [0, 0.1) is 5.41 Å². The summed E-state index contributed by atoms with van der Waals surface area (Å²) in [6, 6.07) is 5.24. The number of carbonyl (C=O) groups is 1. The zero-order valence-corrected chi connectivity index (χ0v) is 12.5. The number of phenolic OH excluding ortho intramolecular Hbond substituents is 1. The van der Waals surface area contributed by atoms with Gasteiger partial charge < -0.3 is 9.84 Å². The van der Waals surface area contributed by atoms with E-state index in [1.165, 1.54) is 7.11 Å². The molecule has 0 aromatic heterocycles. The number of hydrogen-bond donors (Lipinski definition) is 1. The van der Waals surface area contributed by atoms with E-state index in [1.807, 2.05) is 6.07 Å². The molecule has 0 heterocycles. The number of methoxy groups -OCH3 is 1. The maximum atomic E-state index is 11.4. The highest BCUT2D eigenvalue weighted by Crippen LogP contribution is 2.35. The van der Waals surface area contributed by atoms with Crippen LogP contribution < -0.4 is 0 Å². The van der Waals surface area contributed by atoms with Gasteiger partial charge in [-0.2, -0.15) is 0 Å². The summed E-state index contributed by atoms with van der Waals surface area (Å²) in [6.07, 6.45) is 2.05. The molecule has 1 unspecified atom stereocenters. The van der Waals surface area contributed by atoms with Crippen LogP contribution in [0.25, 0.3) is 0 Å². The van der Waals surface area contributed by atoms with Crippen LogP contribution in [-0.2, 0) is 4.74 Å². The lowest BCUT2D eigenvalue weighted by molar-refractivity contribution is 0.0597. The van der Waals surface area contributed by atoms with Crippen LogP contribution >= 0.6 is 0 Å². The first kappa shape index (κ1) is 15.5. The Morgan fingerprint density at radius 3 is 2.42 bits per heavy atom.